The molecule has 1 amide bonds. The topological polar surface area (TPSA) is 69.7 Å². The Bertz CT molecular complexity index is 1270. The lowest BCUT2D eigenvalue weighted by Crippen LogP contribution is -2.41. The molecule has 0 aliphatic carbocycles. The van der Waals surface area contributed by atoms with Crippen LogP contribution in [0.3, 0.4) is 0 Å². The largest absolute Gasteiger partial charge is 0.350 e. The Balaban J connectivity index is 1.53. The molecule has 3 aromatic carbocycles. The number of rotatable bonds is 9. The minimum Gasteiger partial charge on any atom is -0.350 e. The summed E-state index contributed by atoms with van der Waals surface area (Å²) >= 11 is 6.35. The number of benzene rings is 3. The van der Waals surface area contributed by atoms with Crippen LogP contribution in [-0.2, 0) is 27.9 Å². The van der Waals surface area contributed by atoms with Crippen LogP contribution in [0, 0.1) is 6.92 Å². The molecule has 0 unspecified atom stereocenters. The zero-order chi connectivity index (χ0) is 24.8. The molecular weight excluding hydrogens is 482 g/mol. The summed E-state index contributed by atoms with van der Waals surface area (Å²) in [5.41, 5.74) is 3.40. The van der Waals surface area contributed by atoms with E-state index in [-0.39, 0.29) is 22.2 Å². The van der Waals surface area contributed by atoms with Crippen LogP contribution in [0.5, 0.6) is 0 Å². The van der Waals surface area contributed by atoms with Gasteiger partial charge in [-0.25, -0.2) is 8.42 Å². The van der Waals surface area contributed by atoms with Gasteiger partial charge in [-0.2, -0.15) is 0 Å². The van der Waals surface area contributed by atoms with Crippen molar-refractivity contribution >= 4 is 33.2 Å². The summed E-state index contributed by atoms with van der Waals surface area (Å²) in [5, 5.41) is 3.17. The molecule has 4 rings (SSSR count). The lowest BCUT2D eigenvalue weighted by molar-refractivity contribution is -0.119. The van der Waals surface area contributed by atoms with Crippen molar-refractivity contribution in [1.29, 1.82) is 0 Å². The Kier molecular flexibility index (Phi) is 8.11. The van der Waals surface area contributed by atoms with E-state index >= 15 is 0 Å². The molecule has 0 aromatic heterocycles. The maximum absolute atomic E-state index is 13.5. The highest BCUT2D eigenvalue weighted by molar-refractivity contribution is 7.92. The first-order valence-electron chi connectivity index (χ1n) is 11.7. The summed E-state index contributed by atoms with van der Waals surface area (Å²) < 4.78 is 28.1. The zero-order valence-corrected chi connectivity index (χ0v) is 21.4. The van der Waals surface area contributed by atoms with E-state index in [0.29, 0.717) is 6.54 Å². The third-order valence-corrected chi connectivity index (χ3v) is 8.30. The molecule has 6 nitrogen and oxygen atoms in total. The molecule has 0 bridgehead atoms. The van der Waals surface area contributed by atoms with E-state index in [1.165, 1.54) is 18.4 Å². The average Bonchev–Trinajstić information content (AvgIpc) is 3.36. The number of hydrogen-bond donors (Lipinski definition) is 1. The van der Waals surface area contributed by atoms with Gasteiger partial charge in [-0.1, -0.05) is 65.7 Å². The smallest absolute Gasteiger partial charge is 0.264 e. The van der Waals surface area contributed by atoms with Gasteiger partial charge in [-0.05, 0) is 68.2 Å². The van der Waals surface area contributed by atoms with Gasteiger partial charge in [0.15, 0.2) is 0 Å². The number of para-hydroxylation sites is 1. The van der Waals surface area contributed by atoms with E-state index in [4.69, 9.17) is 11.6 Å². The molecule has 184 valence electrons. The molecule has 1 aliphatic rings. The Morgan fingerprint density at radius 1 is 0.943 bits per heavy atom. The molecule has 1 aliphatic heterocycles. The Hall–Kier alpha value is -2.87. The quantitative estimate of drug-likeness (QED) is 0.450. The Morgan fingerprint density at radius 3 is 2.26 bits per heavy atom. The summed E-state index contributed by atoms with van der Waals surface area (Å²) in [6.07, 6.45) is 2.43. The number of carbonyl (C=O) groups excluding carboxylic acids is 1. The maximum atomic E-state index is 13.5. The fourth-order valence-corrected chi connectivity index (χ4v) is 5.96. The predicted octanol–water partition coefficient (Wildman–Crippen LogP) is 4.76. The van der Waals surface area contributed by atoms with Gasteiger partial charge in [0.2, 0.25) is 5.91 Å². The van der Waals surface area contributed by atoms with E-state index in [2.05, 4.69) is 16.3 Å². The van der Waals surface area contributed by atoms with E-state index < -0.39 is 15.9 Å². The molecule has 1 N–H and O–H groups in total. The van der Waals surface area contributed by atoms with Gasteiger partial charge in [-0.15, -0.1) is 0 Å². The van der Waals surface area contributed by atoms with E-state index in [0.717, 1.165) is 35.1 Å². The van der Waals surface area contributed by atoms with Crippen LogP contribution in [0.15, 0.2) is 77.7 Å². The second-order valence-corrected chi connectivity index (χ2v) is 11.1. The SMILES string of the molecule is Cc1ccc(S(=O)(=O)N(CC(=O)NCc2ccccc2CN2CCCC2)c2ccccc2Cl)cc1. The second kappa shape index (κ2) is 11.2. The van der Waals surface area contributed by atoms with Crippen LogP contribution < -0.4 is 9.62 Å². The average molecular weight is 512 g/mol. The van der Waals surface area contributed by atoms with Crippen molar-refractivity contribution in [3.63, 3.8) is 0 Å². The van der Waals surface area contributed by atoms with Gasteiger partial charge in [0, 0.05) is 13.1 Å². The first kappa shape index (κ1) is 25.2. The molecule has 3 aromatic rings. The fraction of sp³-hybridized carbons (Fsp3) is 0.296. The highest BCUT2D eigenvalue weighted by atomic mass is 35.5. The van der Waals surface area contributed by atoms with Gasteiger partial charge in [0.1, 0.15) is 6.54 Å². The zero-order valence-electron chi connectivity index (χ0n) is 19.8. The third kappa shape index (κ3) is 6.23. The normalized spacial score (nSPS) is 14.1. The van der Waals surface area contributed by atoms with Gasteiger partial charge in [-0.3, -0.25) is 14.0 Å². The number of likely N-dealkylation sites (tertiary alicyclic amines) is 1. The van der Waals surface area contributed by atoms with Crippen LogP contribution in [0.25, 0.3) is 0 Å². The van der Waals surface area contributed by atoms with Crippen LogP contribution in [0.2, 0.25) is 5.02 Å². The van der Waals surface area contributed by atoms with Crippen molar-refractivity contribution in [3.05, 3.63) is 94.5 Å². The molecule has 1 heterocycles. The third-order valence-electron chi connectivity index (χ3n) is 6.20. The van der Waals surface area contributed by atoms with Crippen molar-refractivity contribution in [2.75, 3.05) is 23.9 Å². The van der Waals surface area contributed by atoms with Crippen LogP contribution in [0.1, 0.15) is 29.5 Å². The highest BCUT2D eigenvalue weighted by Crippen LogP contribution is 2.30. The number of halogens is 1. The molecule has 0 radical (unpaired) electrons. The first-order valence-corrected chi connectivity index (χ1v) is 13.6. The number of nitrogens with one attached hydrogen (secondary N) is 1. The number of aryl methyl sites for hydroxylation is 1. The van der Waals surface area contributed by atoms with Crippen molar-refractivity contribution in [3.8, 4) is 0 Å². The van der Waals surface area contributed by atoms with E-state index in [1.807, 2.05) is 25.1 Å². The fourth-order valence-electron chi connectivity index (χ4n) is 4.24. The Morgan fingerprint density at radius 2 is 1.57 bits per heavy atom. The van der Waals surface area contributed by atoms with Gasteiger partial charge >= 0.3 is 0 Å². The lowest BCUT2D eigenvalue weighted by atomic mass is 10.1. The van der Waals surface area contributed by atoms with E-state index in [9.17, 15) is 13.2 Å². The molecular formula is C27H30ClN3O3S. The van der Waals surface area contributed by atoms with E-state index in [1.54, 1.807) is 48.5 Å². The van der Waals surface area contributed by atoms with Crippen molar-refractivity contribution < 1.29 is 13.2 Å². The van der Waals surface area contributed by atoms with Gasteiger partial charge < -0.3 is 5.32 Å². The minimum atomic E-state index is -4.01. The second-order valence-electron chi connectivity index (χ2n) is 8.80. The standard InChI is InChI=1S/C27H30ClN3O3S/c1-21-12-14-24(15-13-21)35(33,34)31(26-11-5-4-10-25(26)28)20-27(32)29-18-22-8-2-3-9-23(22)19-30-16-6-7-17-30/h2-5,8-15H,6-7,16-20H2,1H3,(H,29,32). The number of nitrogens with zero attached hydrogens (tertiary/aromatic N) is 2. The number of sulfonamides is 1. The number of hydrogen-bond acceptors (Lipinski definition) is 4. The summed E-state index contributed by atoms with van der Waals surface area (Å²) in [6.45, 7) is 4.85. The van der Waals surface area contributed by atoms with Gasteiger partial charge in [0.25, 0.3) is 10.0 Å². The molecule has 8 heteroatoms. The van der Waals surface area contributed by atoms with Crippen molar-refractivity contribution in [1.82, 2.24) is 10.2 Å². The molecule has 1 saturated heterocycles. The molecule has 1 fully saturated rings. The lowest BCUT2D eigenvalue weighted by Gasteiger charge is -2.25. The molecule has 0 spiro atoms. The number of anilines is 1. The monoisotopic (exact) mass is 511 g/mol. The van der Waals surface area contributed by atoms with Gasteiger partial charge in [0.05, 0.1) is 15.6 Å². The summed E-state index contributed by atoms with van der Waals surface area (Å²) in [6, 6.07) is 21.2. The molecule has 0 atom stereocenters. The van der Waals surface area contributed by atoms with Crippen LogP contribution >= 0.6 is 11.6 Å². The maximum Gasteiger partial charge on any atom is 0.264 e. The number of carbonyl (C=O) groups is 1. The van der Waals surface area contributed by atoms with Crippen molar-refractivity contribution in [2.45, 2.75) is 37.8 Å². The first-order chi connectivity index (χ1) is 16.8. The highest BCUT2D eigenvalue weighted by Gasteiger charge is 2.28. The summed E-state index contributed by atoms with van der Waals surface area (Å²) in [7, 11) is -4.01. The van der Waals surface area contributed by atoms with Crippen LogP contribution in [0.4, 0.5) is 5.69 Å². The van der Waals surface area contributed by atoms with Crippen molar-refractivity contribution in [2.24, 2.45) is 0 Å². The number of amides is 1. The molecule has 35 heavy (non-hydrogen) atoms. The summed E-state index contributed by atoms with van der Waals surface area (Å²) in [5.74, 6) is -0.406. The Labute approximate surface area is 212 Å². The van der Waals surface area contributed by atoms with Crippen LogP contribution in [-0.4, -0.2) is 38.9 Å². The molecule has 0 saturated carbocycles. The minimum absolute atomic E-state index is 0.103. The predicted molar refractivity (Wildman–Crippen MR) is 140 cm³/mol. The summed E-state index contributed by atoms with van der Waals surface area (Å²) in [4.78, 5) is 15.5.